The van der Waals surface area contributed by atoms with E-state index in [1.807, 2.05) is 7.05 Å². The number of phenols is 1. The van der Waals surface area contributed by atoms with Crippen LogP contribution in [0.1, 0.15) is 19.8 Å². The van der Waals surface area contributed by atoms with Gasteiger partial charge in [0.25, 0.3) is 0 Å². The van der Waals surface area contributed by atoms with Crippen LogP contribution < -0.4 is 9.64 Å². The molecule has 3 aromatic rings. The predicted octanol–water partition coefficient (Wildman–Crippen LogP) is 3.02. The number of ether oxygens (including phenoxy) is 1. The van der Waals surface area contributed by atoms with Gasteiger partial charge in [0, 0.05) is 38.1 Å². The van der Waals surface area contributed by atoms with Crippen LogP contribution >= 0.6 is 0 Å². The number of benzene rings is 1. The van der Waals surface area contributed by atoms with Crippen molar-refractivity contribution in [3.05, 3.63) is 30.6 Å². The highest BCUT2D eigenvalue weighted by atomic mass is 19.3. The van der Waals surface area contributed by atoms with Crippen molar-refractivity contribution < 1.29 is 18.6 Å². The van der Waals surface area contributed by atoms with Crippen LogP contribution in [0.25, 0.3) is 17.0 Å². The predicted molar refractivity (Wildman–Crippen MR) is 108 cm³/mol. The summed E-state index contributed by atoms with van der Waals surface area (Å²) in [5, 5.41) is 19.1. The van der Waals surface area contributed by atoms with Gasteiger partial charge in [-0.1, -0.05) is 6.92 Å². The molecule has 1 atom stereocenters. The molecule has 1 fully saturated rings. The number of piperidine rings is 1. The van der Waals surface area contributed by atoms with Crippen LogP contribution in [0.5, 0.6) is 11.5 Å². The molecule has 30 heavy (non-hydrogen) atoms. The van der Waals surface area contributed by atoms with E-state index in [1.54, 1.807) is 16.8 Å². The summed E-state index contributed by atoms with van der Waals surface area (Å²) in [6, 6.07) is 4.26. The summed E-state index contributed by atoms with van der Waals surface area (Å²) in [7, 11) is 2.00. The topological polar surface area (TPSA) is 79.0 Å². The summed E-state index contributed by atoms with van der Waals surface area (Å²) in [4.78, 5) is 8.97. The monoisotopic (exact) mass is 418 g/mol. The first-order valence-electron chi connectivity index (χ1n) is 9.91. The van der Waals surface area contributed by atoms with Crippen molar-refractivity contribution in [2.24, 2.45) is 0 Å². The van der Waals surface area contributed by atoms with E-state index in [1.165, 1.54) is 12.1 Å². The Bertz CT molecular complexity index is 1030. The zero-order valence-electron chi connectivity index (χ0n) is 16.9. The molecule has 0 bridgehead atoms. The van der Waals surface area contributed by atoms with Crippen LogP contribution in [0.4, 0.5) is 14.6 Å². The summed E-state index contributed by atoms with van der Waals surface area (Å²) in [5.74, 6) is 0.656. The number of nitrogens with zero attached hydrogens (tertiary/aromatic N) is 6. The zero-order chi connectivity index (χ0) is 21.3. The highest BCUT2D eigenvalue weighted by molar-refractivity contribution is 5.72. The lowest BCUT2D eigenvalue weighted by Crippen LogP contribution is -2.46. The normalized spacial score (nSPS) is 17.6. The summed E-state index contributed by atoms with van der Waals surface area (Å²) >= 11 is 0. The molecule has 0 radical (unpaired) electrons. The van der Waals surface area contributed by atoms with Crippen LogP contribution in [-0.2, 0) is 0 Å². The van der Waals surface area contributed by atoms with E-state index >= 15 is 0 Å². The Labute approximate surface area is 172 Å². The van der Waals surface area contributed by atoms with Gasteiger partial charge < -0.3 is 19.6 Å². The van der Waals surface area contributed by atoms with Gasteiger partial charge in [-0.25, -0.2) is 4.98 Å². The fourth-order valence-corrected chi connectivity index (χ4v) is 3.92. The third kappa shape index (κ3) is 3.87. The van der Waals surface area contributed by atoms with Gasteiger partial charge in [0.2, 0.25) is 0 Å². The zero-order valence-corrected chi connectivity index (χ0v) is 16.9. The Morgan fingerprint density at radius 1 is 1.33 bits per heavy atom. The van der Waals surface area contributed by atoms with Gasteiger partial charge in [0.15, 0.2) is 17.3 Å². The summed E-state index contributed by atoms with van der Waals surface area (Å²) in [6.45, 7) is 2.27. The number of phenolic OH excluding ortho intramolecular Hbond substituents is 1. The van der Waals surface area contributed by atoms with Crippen molar-refractivity contribution in [3.8, 4) is 22.9 Å². The number of fused-ring (bicyclic) bond motifs is 1. The van der Waals surface area contributed by atoms with Crippen LogP contribution in [-0.4, -0.2) is 68.9 Å². The lowest BCUT2D eigenvalue weighted by atomic mass is 10.0. The third-order valence-electron chi connectivity index (χ3n) is 5.55. The maximum atomic E-state index is 12.4. The Balaban J connectivity index is 1.68. The number of likely N-dealkylation sites (N-methyl/N-ethyl adjacent to an activating group) is 2. The summed E-state index contributed by atoms with van der Waals surface area (Å²) in [6.07, 6.45) is 5.57. The van der Waals surface area contributed by atoms with E-state index in [9.17, 15) is 13.9 Å². The minimum atomic E-state index is -2.96. The summed E-state index contributed by atoms with van der Waals surface area (Å²) in [5.41, 5.74) is 0.958. The second-order valence-electron chi connectivity index (χ2n) is 7.33. The molecule has 1 aromatic carbocycles. The van der Waals surface area contributed by atoms with E-state index in [0.717, 1.165) is 38.5 Å². The van der Waals surface area contributed by atoms with E-state index in [-0.39, 0.29) is 11.5 Å². The molecule has 3 heterocycles. The quantitative estimate of drug-likeness (QED) is 0.659. The van der Waals surface area contributed by atoms with Crippen molar-refractivity contribution in [2.45, 2.75) is 32.4 Å². The molecule has 4 rings (SSSR count). The number of halogens is 2. The SMILES string of the molecule is CCN1CCCC(N(C)c2nnc(-c3ccc(OC(F)F)cc3O)n3ccnc23)C1. The van der Waals surface area contributed by atoms with Gasteiger partial charge in [-0.2, -0.15) is 8.78 Å². The Morgan fingerprint density at radius 2 is 2.17 bits per heavy atom. The van der Waals surface area contributed by atoms with Crippen molar-refractivity contribution in [3.63, 3.8) is 0 Å². The molecule has 160 valence electrons. The maximum Gasteiger partial charge on any atom is 0.387 e. The molecule has 0 spiro atoms. The van der Waals surface area contributed by atoms with E-state index in [0.29, 0.717) is 28.9 Å². The Hall–Kier alpha value is -3.01. The number of aromatic hydroxyl groups is 1. The minimum absolute atomic E-state index is 0.129. The molecular weight excluding hydrogens is 394 g/mol. The fraction of sp³-hybridized carbons (Fsp3) is 0.450. The molecule has 10 heteroatoms. The van der Waals surface area contributed by atoms with E-state index < -0.39 is 6.61 Å². The Kier molecular flexibility index (Phi) is 5.67. The van der Waals surface area contributed by atoms with E-state index in [2.05, 4.69) is 36.6 Å². The number of rotatable bonds is 6. The first-order chi connectivity index (χ1) is 14.5. The number of imidazole rings is 1. The van der Waals surface area contributed by atoms with Gasteiger partial charge >= 0.3 is 6.61 Å². The molecule has 0 amide bonds. The molecule has 0 aliphatic carbocycles. The van der Waals surface area contributed by atoms with Crippen molar-refractivity contribution in [1.29, 1.82) is 0 Å². The molecule has 1 N–H and O–H groups in total. The second-order valence-corrected chi connectivity index (χ2v) is 7.33. The fourth-order valence-electron chi connectivity index (χ4n) is 3.92. The molecule has 1 unspecified atom stereocenters. The van der Waals surface area contributed by atoms with Crippen LogP contribution in [0.15, 0.2) is 30.6 Å². The van der Waals surface area contributed by atoms with Gasteiger partial charge in [-0.3, -0.25) is 4.40 Å². The summed E-state index contributed by atoms with van der Waals surface area (Å²) < 4.78 is 30.9. The lowest BCUT2D eigenvalue weighted by molar-refractivity contribution is -0.0499. The van der Waals surface area contributed by atoms with Crippen LogP contribution in [0.2, 0.25) is 0 Å². The van der Waals surface area contributed by atoms with Crippen molar-refractivity contribution in [2.75, 3.05) is 31.6 Å². The standard InChI is InChI=1S/C20H24F2N6O2/c1-3-27-9-4-5-13(12-27)26(2)19-18-23-8-10-28(18)17(24-25-19)15-7-6-14(11-16(15)29)30-20(21)22/h6-8,10-11,13,20,29H,3-5,9,12H2,1-2H3. The van der Waals surface area contributed by atoms with Crippen LogP contribution in [0, 0.1) is 0 Å². The molecule has 8 nitrogen and oxygen atoms in total. The molecule has 2 aromatic heterocycles. The molecule has 1 aliphatic heterocycles. The van der Waals surface area contributed by atoms with E-state index in [4.69, 9.17) is 0 Å². The second kappa shape index (κ2) is 8.39. The van der Waals surface area contributed by atoms with Crippen LogP contribution in [0.3, 0.4) is 0 Å². The number of alkyl halides is 2. The smallest absolute Gasteiger partial charge is 0.387 e. The number of aromatic nitrogens is 4. The molecular formula is C20H24F2N6O2. The molecule has 1 aliphatic rings. The average molecular weight is 418 g/mol. The van der Waals surface area contributed by atoms with Crippen molar-refractivity contribution >= 4 is 11.5 Å². The number of hydrogen-bond acceptors (Lipinski definition) is 7. The number of anilines is 1. The van der Waals surface area contributed by atoms with Gasteiger partial charge in [0.1, 0.15) is 11.5 Å². The van der Waals surface area contributed by atoms with Gasteiger partial charge in [-0.05, 0) is 38.1 Å². The van der Waals surface area contributed by atoms with Gasteiger partial charge in [0.05, 0.1) is 5.56 Å². The highest BCUT2D eigenvalue weighted by Crippen LogP contribution is 2.33. The average Bonchev–Trinajstić information content (AvgIpc) is 3.23. The third-order valence-corrected chi connectivity index (χ3v) is 5.55. The highest BCUT2D eigenvalue weighted by Gasteiger charge is 2.26. The Morgan fingerprint density at radius 3 is 2.90 bits per heavy atom. The first-order valence-corrected chi connectivity index (χ1v) is 9.91. The first kappa shape index (κ1) is 20.3. The number of likely N-dealkylation sites (tertiary alicyclic amines) is 1. The van der Waals surface area contributed by atoms with Crippen molar-refractivity contribution in [1.82, 2.24) is 24.5 Å². The molecule has 0 saturated carbocycles. The lowest BCUT2D eigenvalue weighted by Gasteiger charge is -2.37. The number of hydrogen-bond donors (Lipinski definition) is 1. The largest absolute Gasteiger partial charge is 0.507 e. The maximum absolute atomic E-state index is 12.4. The molecule has 1 saturated heterocycles. The minimum Gasteiger partial charge on any atom is -0.507 e. The van der Waals surface area contributed by atoms with Gasteiger partial charge in [-0.15, -0.1) is 10.2 Å².